The van der Waals surface area contributed by atoms with Crippen molar-refractivity contribution in [3.8, 4) is 0 Å². The maximum absolute atomic E-state index is 15.2. The van der Waals surface area contributed by atoms with Crippen LogP contribution in [0.3, 0.4) is 0 Å². The summed E-state index contributed by atoms with van der Waals surface area (Å²) in [6.07, 6.45) is -5.03. The first kappa shape index (κ1) is 25.9. The molecular formula is C23H25ClFN5O6. The molecule has 4 rings (SSSR count). The molecule has 3 aromatic rings. The third-order valence-electron chi connectivity index (χ3n) is 5.95. The number of aliphatic hydroxyl groups is 1. The Hall–Kier alpha value is -3.19. The van der Waals surface area contributed by atoms with Crippen LogP contribution in [-0.4, -0.2) is 73.6 Å². The minimum absolute atomic E-state index is 0.000762. The van der Waals surface area contributed by atoms with E-state index in [0.717, 1.165) is 0 Å². The summed E-state index contributed by atoms with van der Waals surface area (Å²) in [5, 5.41) is 10.4. The number of rotatable bonds is 9. The van der Waals surface area contributed by atoms with Crippen LogP contribution in [0.15, 0.2) is 36.7 Å². The Morgan fingerprint density at radius 2 is 2.03 bits per heavy atom. The van der Waals surface area contributed by atoms with Crippen molar-refractivity contribution in [3.05, 3.63) is 47.5 Å². The Morgan fingerprint density at radius 3 is 2.69 bits per heavy atom. The van der Waals surface area contributed by atoms with Crippen LogP contribution in [0.5, 0.6) is 0 Å². The SMILES string of the molecule is CCOC(=O)C(Cc1ccccc1)(OC[C@H]1O[C@@H](n2cnc3c(N)nc(Cl)nc32)[C@@H](F)[C@@H]1O)C(C)=O. The van der Waals surface area contributed by atoms with Gasteiger partial charge in [0.25, 0.3) is 0 Å². The van der Waals surface area contributed by atoms with Gasteiger partial charge in [0.15, 0.2) is 29.6 Å². The molecule has 3 N–H and O–H groups in total. The van der Waals surface area contributed by atoms with Crippen LogP contribution >= 0.6 is 11.6 Å². The van der Waals surface area contributed by atoms with E-state index in [4.69, 9.17) is 31.5 Å². The van der Waals surface area contributed by atoms with Crippen molar-refractivity contribution in [3.63, 3.8) is 0 Å². The van der Waals surface area contributed by atoms with E-state index in [1.165, 1.54) is 17.8 Å². The van der Waals surface area contributed by atoms with Gasteiger partial charge in [-0.1, -0.05) is 30.3 Å². The Balaban J connectivity index is 1.59. The highest BCUT2D eigenvalue weighted by Crippen LogP contribution is 2.35. The zero-order chi connectivity index (χ0) is 26.0. The molecule has 1 fully saturated rings. The number of carbonyl (C=O) groups is 2. The molecule has 0 spiro atoms. The Bertz CT molecular complexity index is 1260. The van der Waals surface area contributed by atoms with Crippen LogP contribution in [-0.2, 0) is 30.2 Å². The molecule has 2 aromatic heterocycles. The van der Waals surface area contributed by atoms with Gasteiger partial charge in [-0.3, -0.25) is 9.36 Å². The topological polar surface area (TPSA) is 152 Å². The van der Waals surface area contributed by atoms with E-state index >= 15 is 4.39 Å². The molecule has 1 saturated heterocycles. The lowest BCUT2D eigenvalue weighted by atomic mass is 9.90. The zero-order valence-electron chi connectivity index (χ0n) is 19.5. The second-order valence-corrected chi connectivity index (χ2v) is 8.62. The number of alkyl halides is 1. The van der Waals surface area contributed by atoms with E-state index in [9.17, 15) is 14.7 Å². The molecule has 3 heterocycles. The molecule has 1 aromatic carbocycles. The molecule has 1 aliphatic heterocycles. The molecule has 1 aliphatic rings. The average Bonchev–Trinajstić information content (AvgIpc) is 3.38. The number of Topliss-reactive ketones (excluding diaryl/α,β-unsaturated/α-hetero) is 1. The van der Waals surface area contributed by atoms with Gasteiger partial charge in [-0.2, -0.15) is 9.97 Å². The molecule has 5 atom stereocenters. The summed E-state index contributed by atoms with van der Waals surface area (Å²) in [6.45, 7) is 2.35. The summed E-state index contributed by atoms with van der Waals surface area (Å²) in [6, 6.07) is 8.77. The summed E-state index contributed by atoms with van der Waals surface area (Å²) in [5.74, 6) is -1.49. The molecule has 0 radical (unpaired) electrons. The average molecular weight is 522 g/mol. The number of hydrogen-bond donors (Lipinski definition) is 2. The number of hydrogen-bond acceptors (Lipinski definition) is 10. The fourth-order valence-corrected chi connectivity index (χ4v) is 4.24. The lowest BCUT2D eigenvalue weighted by Gasteiger charge is -2.30. The molecule has 1 unspecified atom stereocenters. The summed E-state index contributed by atoms with van der Waals surface area (Å²) < 4.78 is 33.1. The minimum Gasteiger partial charge on any atom is -0.463 e. The van der Waals surface area contributed by atoms with Gasteiger partial charge in [-0.25, -0.2) is 14.2 Å². The van der Waals surface area contributed by atoms with E-state index in [0.29, 0.717) is 5.56 Å². The molecule has 0 saturated carbocycles. The Morgan fingerprint density at radius 1 is 1.31 bits per heavy atom. The number of aromatic nitrogens is 4. The van der Waals surface area contributed by atoms with Gasteiger partial charge in [-0.05, 0) is 31.0 Å². The fourth-order valence-electron chi connectivity index (χ4n) is 4.07. The number of esters is 1. The van der Waals surface area contributed by atoms with Gasteiger partial charge in [0, 0.05) is 6.42 Å². The summed E-state index contributed by atoms with van der Waals surface area (Å²) >= 11 is 5.88. The number of fused-ring (bicyclic) bond motifs is 1. The van der Waals surface area contributed by atoms with Crippen molar-refractivity contribution in [1.29, 1.82) is 0 Å². The number of nitrogens with two attached hydrogens (primary N) is 1. The minimum atomic E-state index is -2.01. The molecule has 11 nitrogen and oxygen atoms in total. The predicted octanol–water partition coefficient (Wildman–Crippen LogP) is 1.81. The van der Waals surface area contributed by atoms with Crippen molar-refractivity contribution in [2.75, 3.05) is 18.9 Å². The molecule has 0 aliphatic carbocycles. The fraction of sp³-hybridized carbons (Fsp3) is 0.435. The summed E-state index contributed by atoms with van der Waals surface area (Å²) in [5.41, 5.74) is 4.74. The second kappa shape index (κ2) is 10.4. The van der Waals surface area contributed by atoms with E-state index in [1.807, 2.05) is 0 Å². The van der Waals surface area contributed by atoms with Crippen molar-refractivity contribution in [2.45, 2.75) is 50.5 Å². The highest BCUT2D eigenvalue weighted by molar-refractivity contribution is 6.28. The molecule has 13 heteroatoms. The van der Waals surface area contributed by atoms with Gasteiger partial charge in [0.2, 0.25) is 10.9 Å². The number of imidazole rings is 1. The van der Waals surface area contributed by atoms with Crippen LogP contribution < -0.4 is 5.73 Å². The number of nitrogen functional groups attached to an aromatic ring is 1. The van der Waals surface area contributed by atoms with E-state index in [-0.39, 0.29) is 35.3 Å². The monoisotopic (exact) mass is 521 g/mol. The van der Waals surface area contributed by atoms with Gasteiger partial charge in [-0.15, -0.1) is 0 Å². The van der Waals surface area contributed by atoms with Crippen LogP contribution in [0.4, 0.5) is 10.2 Å². The lowest BCUT2D eigenvalue weighted by molar-refractivity contribution is -0.183. The highest BCUT2D eigenvalue weighted by Gasteiger charge is 2.50. The molecule has 36 heavy (non-hydrogen) atoms. The number of halogens is 2. The number of ether oxygens (including phenoxy) is 3. The third kappa shape index (κ3) is 4.76. The van der Waals surface area contributed by atoms with Crippen LogP contribution in [0.2, 0.25) is 5.28 Å². The molecule has 0 amide bonds. The normalized spacial score (nSPS) is 23.5. The number of carbonyl (C=O) groups excluding carboxylic acids is 2. The number of nitrogens with zero attached hydrogens (tertiary/aromatic N) is 4. The molecular weight excluding hydrogens is 497 g/mol. The number of anilines is 1. The van der Waals surface area contributed by atoms with Crippen LogP contribution in [0, 0.1) is 0 Å². The Kier molecular flexibility index (Phi) is 7.50. The van der Waals surface area contributed by atoms with Crippen molar-refractivity contribution < 1.29 is 33.3 Å². The number of benzene rings is 1. The summed E-state index contributed by atoms with van der Waals surface area (Å²) in [7, 11) is 0. The van der Waals surface area contributed by atoms with Crippen LogP contribution in [0.25, 0.3) is 11.2 Å². The van der Waals surface area contributed by atoms with E-state index in [2.05, 4.69) is 15.0 Å². The first-order valence-electron chi connectivity index (χ1n) is 11.2. The highest BCUT2D eigenvalue weighted by atomic mass is 35.5. The first-order chi connectivity index (χ1) is 17.2. The van der Waals surface area contributed by atoms with Gasteiger partial charge in [0.05, 0.1) is 19.5 Å². The van der Waals surface area contributed by atoms with E-state index in [1.54, 1.807) is 37.3 Å². The first-order valence-corrected chi connectivity index (χ1v) is 11.5. The second-order valence-electron chi connectivity index (χ2n) is 8.28. The maximum atomic E-state index is 15.2. The maximum Gasteiger partial charge on any atom is 0.346 e. The van der Waals surface area contributed by atoms with Gasteiger partial charge >= 0.3 is 5.97 Å². The standard InChI is InChI=1S/C23H25ClFN5O6/c1-3-34-21(33)23(12(2)31,9-13-7-5-4-6-8-13)35-10-14-17(32)15(25)20(36-14)30-11-27-16-18(26)28-22(24)29-19(16)30/h4-8,11,14-15,17,20,32H,3,9-10H2,1-2H3,(H2,26,28,29)/t14-,15+,17-,20-,23?/m1/s1. The Labute approximate surface area is 210 Å². The zero-order valence-corrected chi connectivity index (χ0v) is 20.3. The quantitative estimate of drug-likeness (QED) is 0.242. The molecule has 0 bridgehead atoms. The van der Waals surface area contributed by atoms with Gasteiger partial charge < -0.3 is 25.1 Å². The van der Waals surface area contributed by atoms with Crippen LogP contribution in [0.1, 0.15) is 25.6 Å². The van der Waals surface area contributed by atoms with Crippen molar-refractivity contribution >= 4 is 40.3 Å². The van der Waals surface area contributed by atoms with Crippen molar-refractivity contribution in [2.24, 2.45) is 0 Å². The summed E-state index contributed by atoms with van der Waals surface area (Å²) in [4.78, 5) is 37.6. The molecule has 192 valence electrons. The number of aliphatic hydroxyl groups excluding tert-OH is 1. The number of ketones is 1. The predicted molar refractivity (Wildman–Crippen MR) is 126 cm³/mol. The van der Waals surface area contributed by atoms with E-state index < -0.39 is 48.6 Å². The van der Waals surface area contributed by atoms with Gasteiger partial charge in [0.1, 0.15) is 17.7 Å². The third-order valence-corrected chi connectivity index (χ3v) is 6.12. The van der Waals surface area contributed by atoms with Crippen molar-refractivity contribution in [1.82, 2.24) is 19.5 Å². The largest absolute Gasteiger partial charge is 0.463 e. The smallest absolute Gasteiger partial charge is 0.346 e. The lowest BCUT2D eigenvalue weighted by Crippen LogP contribution is -2.52.